The van der Waals surface area contributed by atoms with Crippen LogP contribution in [-0.4, -0.2) is 19.9 Å². The van der Waals surface area contributed by atoms with Crippen LogP contribution in [0, 0.1) is 0 Å². The lowest BCUT2D eigenvalue weighted by Gasteiger charge is -2.35. The summed E-state index contributed by atoms with van der Waals surface area (Å²) in [6.07, 6.45) is 10.4. The van der Waals surface area contributed by atoms with Gasteiger partial charge in [-0.1, -0.05) is 11.2 Å². The summed E-state index contributed by atoms with van der Waals surface area (Å²) in [4.78, 5) is -0.339. The monoisotopic (exact) mass is 424 g/mol. The van der Waals surface area contributed by atoms with Gasteiger partial charge in [-0.15, -0.1) is 21.8 Å². The van der Waals surface area contributed by atoms with Gasteiger partial charge >= 0.3 is 0 Å². The SMILES string of the molecule is ClC1(c2ccc3c(c2)COCc2nncn2-3)CCC(c2onc3c2CCCC3)CC1. The van der Waals surface area contributed by atoms with Gasteiger partial charge in [0.05, 0.1) is 22.9 Å². The van der Waals surface area contributed by atoms with Crippen LogP contribution in [0.2, 0.25) is 0 Å². The third-order valence-electron chi connectivity index (χ3n) is 7.10. The molecule has 0 atom stereocenters. The molecule has 0 N–H and O–H groups in total. The first kappa shape index (κ1) is 18.6. The molecule has 3 heterocycles. The van der Waals surface area contributed by atoms with Crippen molar-refractivity contribution in [2.75, 3.05) is 0 Å². The number of aryl methyl sites for hydroxylation is 1. The zero-order chi connectivity index (χ0) is 20.1. The fraction of sp³-hybridized carbons (Fsp3) is 0.522. The highest BCUT2D eigenvalue weighted by Crippen LogP contribution is 2.49. The van der Waals surface area contributed by atoms with Gasteiger partial charge in [-0.05, 0) is 69.1 Å². The fourth-order valence-corrected chi connectivity index (χ4v) is 5.72. The summed E-state index contributed by atoms with van der Waals surface area (Å²) in [5.41, 5.74) is 5.98. The Balaban J connectivity index is 1.24. The number of ether oxygens (including phenoxy) is 1. The number of aromatic nitrogens is 4. The van der Waals surface area contributed by atoms with Gasteiger partial charge in [0.1, 0.15) is 18.7 Å². The largest absolute Gasteiger partial charge is 0.369 e. The van der Waals surface area contributed by atoms with Crippen molar-refractivity contribution in [1.82, 2.24) is 19.9 Å². The zero-order valence-corrected chi connectivity index (χ0v) is 17.7. The predicted molar refractivity (Wildman–Crippen MR) is 112 cm³/mol. The summed E-state index contributed by atoms with van der Waals surface area (Å²) in [7, 11) is 0. The Morgan fingerprint density at radius 1 is 1.10 bits per heavy atom. The highest BCUT2D eigenvalue weighted by Gasteiger charge is 2.38. The molecular weight excluding hydrogens is 400 g/mol. The van der Waals surface area contributed by atoms with Gasteiger partial charge in [-0.2, -0.15) is 0 Å². The lowest BCUT2D eigenvalue weighted by atomic mass is 9.75. The maximum Gasteiger partial charge on any atom is 0.163 e. The maximum atomic E-state index is 7.21. The topological polar surface area (TPSA) is 66.0 Å². The van der Waals surface area contributed by atoms with Crippen molar-refractivity contribution in [3.05, 3.63) is 58.5 Å². The van der Waals surface area contributed by atoms with E-state index in [2.05, 4.69) is 33.6 Å². The second-order valence-corrected chi connectivity index (χ2v) is 9.60. The second kappa shape index (κ2) is 7.20. The van der Waals surface area contributed by atoms with E-state index in [0.29, 0.717) is 19.1 Å². The molecule has 6 nitrogen and oxygen atoms in total. The van der Waals surface area contributed by atoms with E-state index in [1.807, 2.05) is 4.57 Å². The summed E-state index contributed by atoms with van der Waals surface area (Å²) in [5, 5.41) is 12.5. The van der Waals surface area contributed by atoms with Gasteiger partial charge in [-0.25, -0.2) is 0 Å². The number of halogens is 1. The summed E-state index contributed by atoms with van der Waals surface area (Å²) >= 11 is 7.21. The van der Waals surface area contributed by atoms with E-state index in [9.17, 15) is 0 Å². The molecule has 3 aliphatic rings. The van der Waals surface area contributed by atoms with E-state index in [1.54, 1.807) is 6.33 Å². The molecule has 6 rings (SSSR count). The number of benzene rings is 1. The lowest BCUT2D eigenvalue weighted by molar-refractivity contribution is 0.105. The van der Waals surface area contributed by atoms with E-state index >= 15 is 0 Å². The van der Waals surface area contributed by atoms with Crippen LogP contribution in [0.25, 0.3) is 5.69 Å². The zero-order valence-electron chi connectivity index (χ0n) is 16.9. The van der Waals surface area contributed by atoms with Crippen molar-refractivity contribution in [3.8, 4) is 5.69 Å². The van der Waals surface area contributed by atoms with Gasteiger partial charge in [0, 0.05) is 17.0 Å². The summed E-state index contributed by atoms with van der Waals surface area (Å²) in [6, 6.07) is 6.51. The van der Waals surface area contributed by atoms with E-state index in [-0.39, 0.29) is 4.87 Å². The van der Waals surface area contributed by atoms with Crippen LogP contribution in [0.5, 0.6) is 0 Å². The first-order valence-electron chi connectivity index (χ1n) is 11.0. The normalized spacial score (nSPS) is 25.8. The molecule has 0 radical (unpaired) electrons. The molecule has 0 amide bonds. The highest BCUT2D eigenvalue weighted by molar-refractivity contribution is 6.24. The third-order valence-corrected chi connectivity index (χ3v) is 7.70. The van der Waals surface area contributed by atoms with Crippen molar-refractivity contribution >= 4 is 11.6 Å². The van der Waals surface area contributed by atoms with Gasteiger partial charge in [-0.3, -0.25) is 4.57 Å². The molecule has 0 spiro atoms. The quantitative estimate of drug-likeness (QED) is 0.544. The molecule has 2 aliphatic carbocycles. The minimum Gasteiger partial charge on any atom is -0.369 e. The molecule has 2 aromatic heterocycles. The van der Waals surface area contributed by atoms with Crippen LogP contribution in [-0.2, 0) is 35.7 Å². The van der Waals surface area contributed by atoms with Gasteiger partial charge in [0.25, 0.3) is 0 Å². The van der Waals surface area contributed by atoms with Gasteiger partial charge in [0.15, 0.2) is 5.82 Å². The number of nitrogens with zero attached hydrogens (tertiary/aromatic N) is 4. The predicted octanol–water partition coefficient (Wildman–Crippen LogP) is 4.96. The number of alkyl halides is 1. The third kappa shape index (κ3) is 3.00. The Kier molecular flexibility index (Phi) is 4.46. The highest BCUT2D eigenvalue weighted by atomic mass is 35.5. The van der Waals surface area contributed by atoms with E-state index < -0.39 is 0 Å². The molecule has 3 aromatic rings. The van der Waals surface area contributed by atoms with Gasteiger partial charge < -0.3 is 9.26 Å². The van der Waals surface area contributed by atoms with Crippen LogP contribution in [0.15, 0.2) is 29.0 Å². The minimum atomic E-state index is -0.339. The molecular formula is C23H25ClN4O2. The van der Waals surface area contributed by atoms with Crippen LogP contribution < -0.4 is 0 Å². The van der Waals surface area contributed by atoms with Crippen molar-refractivity contribution in [3.63, 3.8) is 0 Å². The van der Waals surface area contributed by atoms with Gasteiger partial charge in [0.2, 0.25) is 0 Å². The van der Waals surface area contributed by atoms with E-state index in [4.69, 9.17) is 20.9 Å². The molecule has 0 unspecified atom stereocenters. The molecule has 0 bridgehead atoms. The Bertz CT molecular complexity index is 1080. The summed E-state index contributed by atoms with van der Waals surface area (Å²) in [5.74, 6) is 2.41. The minimum absolute atomic E-state index is 0.339. The average Bonchev–Trinajstić information content (AvgIpc) is 3.38. The number of hydrogen-bond donors (Lipinski definition) is 0. The number of fused-ring (bicyclic) bond motifs is 4. The van der Waals surface area contributed by atoms with Crippen LogP contribution in [0.4, 0.5) is 0 Å². The van der Waals surface area contributed by atoms with Crippen molar-refractivity contribution in [2.45, 2.75) is 75.4 Å². The fourth-order valence-electron chi connectivity index (χ4n) is 5.39. The Hall–Kier alpha value is -2.18. The Morgan fingerprint density at radius 3 is 2.87 bits per heavy atom. The second-order valence-electron chi connectivity index (χ2n) is 8.87. The van der Waals surface area contributed by atoms with Crippen molar-refractivity contribution in [2.24, 2.45) is 0 Å². The molecule has 0 saturated heterocycles. The lowest BCUT2D eigenvalue weighted by Crippen LogP contribution is -2.26. The average molecular weight is 425 g/mol. The van der Waals surface area contributed by atoms with Crippen LogP contribution in [0.1, 0.15) is 78.4 Å². The van der Waals surface area contributed by atoms with Crippen molar-refractivity contribution < 1.29 is 9.26 Å². The Morgan fingerprint density at radius 2 is 1.97 bits per heavy atom. The summed E-state index contributed by atoms with van der Waals surface area (Å²) in [6.45, 7) is 1.03. The van der Waals surface area contributed by atoms with Crippen LogP contribution >= 0.6 is 11.6 Å². The molecule has 1 aliphatic heterocycles. The van der Waals surface area contributed by atoms with Crippen molar-refractivity contribution in [1.29, 1.82) is 0 Å². The number of hydrogen-bond acceptors (Lipinski definition) is 5. The molecule has 156 valence electrons. The Labute approximate surface area is 180 Å². The first-order valence-corrected chi connectivity index (χ1v) is 11.4. The number of rotatable bonds is 2. The molecule has 30 heavy (non-hydrogen) atoms. The molecule has 1 saturated carbocycles. The maximum absolute atomic E-state index is 7.21. The van der Waals surface area contributed by atoms with E-state index in [0.717, 1.165) is 61.4 Å². The molecule has 7 heteroatoms. The standard InChI is InChI=1S/C23H25ClN4O2/c24-23(9-7-15(8-10-23)22-18-3-1-2-4-19(18)27-30-22)17-5-6-20-16(11-17)12-29-13-21-26-25-14-28(20)21/h5-6,11,14-15H,1-4,7-10,12-13H2. The molecule has 1 aromatic carbocycles. The smallest absolute Gasteiger partial charge is 0.163 e. The molecule has 1 fully saturated rings. The van der Waals surface area contributed by atoms with Crippen LogP contribution in [0.3, 0.4) is 0 Å². The first-order chi connectivity index (χ1) is 14.7. The van der Waals surface area contributed by atoms with E-state index in [1.165, 1.54) is 29.7 Å². The summed E-state index contributed by atoms with van der Waals surface area (Å²) < 4.78 is 13.6.